The summed E-state index contributed by atoms with van der Waals surface area (Å²) >= 11 is 0. The van der Waals surface area contributed by atoms with Crippen molar-refractivity contribution in [3.05, 3.63) is 64.1 Å². The van der Waals surface area contributed by atoms with Crippen molar-refractivity contribution in [1.29, 1.82) is 0 Å². The maximum absolute atomic E-state index is 13.4. The van der Waals surface area contributed by atoms with Gasteiger partial charge in [0.25, 0.3) is 11.5 Å². The van der Waals surface area contributed by atoms with Crippen LogP contribution in [0.1, 0.15) is 53.6 Å². The molecule has 3 aromatic rings. The number of carbonyl (C=O) groups is 2. The highest BCUT2D eigenvalue weighted by molar-refractivity contribution is 6.05. The van der Waals surface area contributed by atoms with Crippen molar-refractivity contribution < 1.29 is 19.1 Å². The Bertz CT molecular complexity index is 1320. The number of ketones is 1. The predicted molar refractivity (Wildman–Crippen MR) is 127 cm³/mol. The number of benzene rings is 2. The van der Waals surface area contributed by atoms with Crippen molar-refractivity contribution in [2.45, 2.75) is 32.7 Å². The number of hydrogen-bond donors (Lipinski definition) is 0. The van der Waals surface area contributed by atoms with E-state index in [4.69, 9.17) is 9.47 Å². The van der Waals surface area contributed by atoms with Gasteiger partial charge >= 0.3 is 0 Å². The zero-order valence-electron chi connectivity index (χ0n) is 19.3. The molecule has 2 aromatic carbocycles. The van der Waals surface area contributed by atoms with Crippen LogP contribution in [0.4, 0.5) is 0 Å². The quantitative estimate of drug-likeness (QED) is 0.553. The number of hydrogen-bond acceptors (Lipinski definition) is 6. The van der Waals surface area contributed by atoms with Crippen LogP contribution in [0.5, 0.6) is 11.5 Å². The lowest BCUT2D eigenvalue weighted by molar-refractivity contribution is 0.0644. The van der Waals surface area contributed by atoms with E-state index >= 15 is 0 Å². The molecule has 1 aromatic heterocycles. The lowest BCUT2D eigenvalue weighted by Crippen LogP contribution is -2.41. The van der Waals surface area contributed by atoms with Crippen molar-refractivity contribution in [3.63, 3.8) is 0 Å². The van der Waals surface area contributed by atoms with Crippen molar-refractivity contribution in [2.24, 2.45) is 5.92 Å². The maximum atomic E-state index is 13.4. The number of Topliss-reactive ketones (excluding diaryl/α,β-unsaturated/α-hetero) is 1. The van der Waals surface area contributed by atoms with Gasteiger partial charge < -0.3 is 14.4 Å². The molecule has 1 saturated heterocycles. The van der Waals surface area contributed by atoms with E-state index < -0.39 is 0 Å². The van der Waals surface area contributed by atoms with E-state index in [1.807, 2.05) is 13.8 Å². The fraction of sp³-hybridized carbons (Fsp3) is 0.385. The lowest BCUT2D eigenvalue weighted by Gasteiger charge is -2.31. The number of piperidine rings is 1. The third-order valence-corrected chi connectivity index (χ3v) is 6.50. The lowest BCUT2D eigenvalue weighted by atomic mass is 9.88. The largest absolute Gasteiger partial charge is 0.486 e. The first kappa shape index (κ1) is 22.1. The molecule has 1 amide bonds. The summed E-state index contributed by atoms with van der Waals surface area (Å²) in [5, 5.41) is 5.48. The molecule has 0 bridgehead atoms. The number of fused-ring (bicyclic) bond motifs is 2. The number of carbonyl (C=O) groups excluding carboxylic acids is 2. The van der Waals surface area contributed by atoms with Crippen LogP contribution in [0.25, 0.3) is 10.8 Å². The minimum absolute atomic E-state index is 0.0565. The second kappa shape index (κ2) is 8.93. The highest BCUT2D eigenvalue weighted by atomic mass is 16.6. The summed E-state index contributed by atoms with van der Waals surface area (Å²) in [5.41, 5.74) is 0.678. The Labute approximate surface area is 197 Å². The van der Waals surface area contributed by atoms with Gasteiger partial charge in [-0.1, -0.05) is 18.2 Å². The van der Waals surface area contributed by atoms with E-state index in [1.165, 1.54) is 4.68 Å². The predicted octanol–water partition coefficient (Wildman–Crippen LogP) is 3.48. The molecule has 34 heavy (non-hydrogen) atoms. The van der Waals surface area contributed by atoms with Crippen LogP contribution in [0.3, 0.4) is 0 Å². The van der Waals surface area contributed by atoms with Gasteiger partial charge in [0.1, 0.15) is 13.2 Å². The maximum Gasteiger partial charge on any atom is 0.274 e. The monoisotopic (exact) mass is 461 g/mol. The number of likely N-dealkylation sites (tertiary alicyclic amines) is 1. The van der Waals surface area contributed by atoms with Crippen molar-refractivity contribution in [1.82, 2.24) is 14.7 Å². The van der Waals surface area contributed by atoms with Gasteiger partial charge in [-0.2, -0.15) is 5.10 Å². The van der Waals surface area contributed by atoms with E-state index in [0.717, 1.165) is 0 Å². The Morgan fingerprint density at radius 2 is 1.65 bits per heavy atom. The molecule has 0 saturated carbocycles. The zero-order chi connectivity index (χ0) is 23.8. The summed E-state index contributed by atoms with van der Waals surface area (Å²) in [6, 6.07) is 12.2. The average molecular weight is 462 g/mol. The molecule has 0 radical (unpaired) electrons. The number of ether oxygens (including phenoxy) is 2. The Hall–Kier alpha value is -3.68. The molecule has 8 nitrogen and oxygen atoms in total. The molecule has 5 rings (SSSR count). The smallest absolute Gasteiger partial charge is 0.274 e. The highest BCUT2D eigenvalue weighted by Crippen LogP contribution is 2.33. The molecule has 2 aliphatic heterocycles. The van der Waals surface area contributed by atoms with Crippen molar-refractivity contribution in [3.8, 4) is 11.5 Å². The Morgan fingerprint density at radius 1 is 0.971 bits per heavy atom. The van der Waals surface area contributed by atoms with Gasteiger partial charge in [0.15, 0.2) is 23.0 Å². The molecular formula is C26H27N3O5. The third kappa shape index (κ3) is 3.93. The fourth-order valence-electron chi connectivity index (χ4n) is 4.64. The Morgan fingerprint density at radius 3 is 2.35 bits per heavy atom. The van der Waals surface area contributed by atoms with Gasteiger partial charge in [-0.25, -0.2) is 4.68 Å². The minimum atomic E-state index is -0.212. The van der Waals surface area contributed by atoms with Crippen LogP contribution in [-0.2, 0) is 0 Å². The normalized spacial score (nSPS) is 16.1. The van der Waals surface area contributed by atoms with Crippen LogP contribution in [0.15, 0.2) is 47.3 Å². The molecule has 0 spiro atoms. The number of amides is 1. The molecule has 0 atom stereocenters. The highest BCUT2D eigenvalue weighted by Gasteiger charge is 2.31. The zero-order valence-corrected chi connectivity index (χ0v) is 19.3. The summed E-state index contributed by atoms with van der Waals surface area (Å²) in [7, 11) is 0. The van der Waals surface area contributed by atoms with E-state index in [0.29, 0.717) is 67.0 Å². The van der Waals surface area contributed by atoms with Gasteiger partial charge in [-0.05, 0) is 51.0 Å². The van der Waals surface area contributed by atoms with Crippen LogP contribution < -0.4 is 15.0 Å². The summed E-state index contributed by atoms with van der Waals surface area (Å²) < 4.78 is 12.5. The van der Waals surface area contributed by atoms with E-state index in [1.54, 1.807) is 47.4 Å². The van der Waals surface area contributed by atoms with Gasteiger partial charge in [-0.3, -0.25) is 14.4 Å². The molecule has 1 fully saturated rings. The summed E-state index contributed by atoms with van der Waals surface area (Å²) in [5.74, 6) is 0.936. The molecule has 176 valence electrons. The first-order valence-electron chi connectivity index (χ1n) is 11.7. The second-order valence-electron chi connectivity index (χ2n) is 9.03. The van der Waals surface area contributed by atoms with Gasteiger partial charge in [-0.15, -0.1) is 0 Å². The summed E-state index contributed by atoms with van der Waals surface area (Å²) in [6.45, 7) is 5.62. The standard InChI is InChI=1S/C26H27N3O5/c1-16(2)29-25(31)20-6-4-3-5-19(20)23(27-29)26(32)28-11-9-17(10-12-28)24(30)18-7-8-21-22(15-18)34-14-13-33-21/h3-8,15-17H,9-14H2,1-2H3. The molecule has 8 heteroatoms. The van der Waals surface area contributed by atoms with Crippen LogP contribution >= 0.6 is 0 Å². The molecule has 0 N–H and O–H groups in total. The third-order valence-electron chi connectivity index (χ3n) is 6.50. The van der Waals surface area contributed by atoms with E-state index in [-0.39, 0.29) is 34.9 Å². The Balaban J connectivity index is 1.34. The van der Waals surface area contributed by atoms with E-state index in [2.05, 4.69) is 5.10 Å². The topological polar surface area (TPSA) is 90.7 Å². The number of aromatic nitrogens is 2. The minimum Gasteiger partial charge on any atom is -0.486 e. The van der Waals surface area contributed by atoms with Crippen LogP contribution in [-0.4, -0.2) is 52.7 Å². The fourth-order valence-corrected chi connectivity index (χ4v) is 4.64. The molecule has 0 unspecified atom stereocenters. The van der Waals surface area contributed by atoms with Gasteiger partial charge in [0.2, 0.25) is 0 Å². The molecule has 3 heterocycles. The summed E-state index contributed by atoms with van der Waals surface area (Å²) in [6.07, 6.45) is 1.14. The Kier molecular flexibility index (Phi) is 5.81. The number of rotatable bonds is 4. The molecule has 2 aliphatic rings. The molecule has 0 aliphatic carbocycles. The van der Waals surface area contributed by atoms with Crippen LogP contribution in [0, 0.1) is 5.92 Å². The van der Waals surface area contributed by atoms with Crippen molar-refractivity contribution >= 4 is 22.5 Å². The van der Waals surface area contributed by atoms with E-state index in [9.17, 15) is 14.4 Å². The average Bonchev–Trinajstić information content (AvgIpc) is 2.88. The van der Waals surface area contributed by atoms with Crippen molar-refractivity contribution in [2.75, 3.05) is 26.3 Å². The second-order valence-corrected chi connectivity index (χ2v) is 9.03. The first-order valence-corrected chi connectivity index (χ1v) is 11.7. The number of nitrogens with zero attached hydrogens (tertiary/aromatic N) is 3. The SMILES string of the molecule is CC(C)n1nc(C(=O)N2CCC(C(=O)c3ccc4c(c3)OCCO4)CC2)c2ccccc2c1=O. The van der Waals surface area contributed by atoms with Crippen LogP contribution in [0.2, 0.25) is 0 Å². The van der Waals surface area contributed by atoms with Gasteiger partial charge in [0, 0.05) is 30.0 Å². The summed E-state index contributed by atoms with van der Waals surface area (Å²) in [4.78, 5) is 41.1. The first-order chi connectivity index (χ1) is 16.4. The van der Waals surface area contributed by atoms with Gasteiger partial charge in [0.05, 0.1) is 11.4 Å². The molecular weight excluding hydrogens is 434 g/mol.